The number of nitrogens with zero attached hydrogens (tertiary/aromatic N) is 1. The van der Waals surface area contributed by atoms with Gasteiger partial charge in [0.1, 0.15) is 6.61 Å². The molecule has 0 aliphatic carbocycles. The smallest absolute Gasteiger partial charge is 0.293 e. The molecule has 35 heavy (non-hydrogen) atoms. The summed E-state index contributed by atoms with van der Waals surface area (Å²) in [5.41, 5.74) is 2.20. The summed E-state index contributed by atoms with van der Waals surface area (Å²) in [7, 11) is 1.53. The van der Waals surface area contributed by atoms with Gasteiger partial charge in [0, 0.05) is 10.6 Å². The van der Waals surface area contributed by atoms with E-state index in [1.165, 1.54) is 12.0 Å². The predicted octanol–water partition coefficient (Wildman–Crippen LogP) is 8.23. The van der Waals surface area contributed by atoms with E-state index in [4.69, 9.17) is 44.3 Å². The maximum absolute atomic E-state index is 13.0. The minimum Gasteiger partial charge on any atom is -0.493 e. The lowest BCUT2D eigenvalue weighted by Gasteiger charge is -2.14. The molecule has 1 aliphatic heterocycles. The molecule has 3 aromatic carbocycles. The molecular weight excluding hydrogens is 597 g/mol. The average Bonchev–Trinajstić information content (AvgIpc) is 3.08. The molecule has 10 heteroatoms. The molecule has 0 radical (unpaired) electrons. The number of halogens is 4. The van der Waals surface area contributed by atoms with Crippen molar-refractivity contribution in [1.29, 1.82) is 0 Å². The Bertz CT molecular complexity index is 1350. The number of thioether (sulfide) groups is 1. The Morgan fingerprint density at radius 2 is 1.77 bits per heavy atom. The summed E-state index contributed by atoms with van der Waals surface area (Å²) in [6.45, 7) is 0.350. The van der Waals surface area contributed by atoms with E-state index in [0.717, 1.165) is 17.3 Å². The molecule has 1 fully saturated rings. The number of hydrogen-bond acceptors (Lipinski definition) is 5. The number of carbonyl (C=O) groups is 2. The van der Waals surface area contributed by atoms with Crippen LogP contribution in [0.1, 0.15) is 16.7 Å². The third-order valence-electron chi connectivity index (χ3n) is 5.08. The highest BCUT2D eigenvalue weighted by atomic mass is 79.9. The normalized spacial score (nSPS) is 14.7. The van der Waals surface area contributed by atoms with Crippen LogP contribution in [-0.2, 0) is 17.9 Å². The fourth-order valence-corrected chi connectivity index (χ4v) is 5.26. The first kappa shape index (κ1) is 25.9. The molecule has 180 valence electrons. The van der Waals surface area contributed by atoms with Crippen LogP contribution in [0, 0.1) is 0 Å². The van der Waals surface area contributed by atoms with Crippen LogP contribution in [0.2, 0.25) is 15.1 Å². The number of rotatable bonds is 7. The Morgan fingerprint density at radius 3 is 2.49 bits per heavy atom. The molecule has 4 rings (SSSR count). The van der Waals surface area contributed by atoms with Crippen LogP contribution in [0.15, 0.2) is 64.0 Å². The summed E-state index contributed by atoms with van der Waals surface area (Å²) >= 11 is 22.6. The second kappa shape index (κ2) is 11.3. The van der Waals surface area contributed by atoms with E-state index in [1.54, 1.807) is 42.5 Å². The molecule has 0 saturated carbocycles. The lowest BCUT2D eigenvalue weighted by atomic mass is 10.1. The van der Waals surface area contributed by atoms with E-state index < -0.39 is 0 Å². The molecule has 1 saturated heterocycles. The highest BCUT2D eigenvalue weighted by Crippen LogP contribution is 2.40. The van der Waals surface area contributed by atoms with Crippen molar-refractivity contribution in [2.75, 3.05) is 7.11 Å². The van der Waals surface area contributed by atoms with Gasteiger partial charge in [-0.15, -0.1) is 0 Å². The maximum Gasteiger partial charge on any atom is 0.293 e. The molecule has 1 heterocycles. The Kier molecular flexibility index (Phi) is 8.34. The first-order valence-corrected chi connectivity index (χ1v) is 12.9. The van der Waals surface area contributed by atoms with Crippen LogP contribution in [0.3, 0.4) is 0 Å². The van der Waals surface area contributed by atoms with Gasteiger partial charge in [-0.1, -0.05) is 59.1 Å². The summed E-state index contributed by atoms with van der Waals surface area (Å²) in [6.07, 6.45) is 1.64. The van der Waals surface area contributed by atoms with Gasteiger partial charge in [-0.3, -0.25) is 14.5 Å². The van der Waals surface area contributed by atoms with Crippen molar-refractivity contribution in [3.05, 3.63) is 95.7 Å². The number of benzene rings is 3. The first-order valence-electron chi connectivity index (χ1n) is 10.2. The van der Waals surface area contributed by atoms with Crippen LogP contribution >= 0.6 is 62.5 Å². The van der Waals surface area contributed by atoms with Crippen molar-refractivity contribution < 1.29 is 19.1 Å². The van der Waals surface area contributed by atoms with E-state index in [9.17, 15) is 9.59 Å². The van der Waals surface area contributed by atoms with Gasteiger partial charge in [-0.25, -0.2) is 0 Å². The van der Waals surface area contributed by atoms with Gasteiger partial charge in [0.05, 0.1) is 33.1 Å². The summed E-state index contributed by atoms with van der Waals surface area (Å²) in [5, 5.41) is 1.01. The Morgan fingerprint density at radius 1 is 1.00 bits per heavy atom. The standard InChI is InChI=1S/C25H17BrCl3NO4S/c1-33-21-10-15(8-17(26)23(21)34-13-16-4-2-3-5-18(16)27)11-22-24(31)30(25(32)35-22)12-14-6-7-19(28)20(29)9-14/h2-11H,12-13H2,1H3/b22-11-. The minimum atomic E-state index is -0.389. The van der Waals surface area contributed by atoms with Crippen LogP contribution in [0.5, 0.6) is 11.5 Å². The largest absolute Gasteiger partial charge is 0.493 e. The Hall–Kier alpha value is -2.16. The summed E-state index contributed by atoms with van der Waals surface area (Å²) in [4.78, 5) is 27.0. The lowest BCUT2D eigenvalue weighted by molar-refractivity contribution is -0.123. The van der Waals surface area contributed by atoms with E-state index in [0.29, 0.717) is 47.1 Å². The molecule has 0 bridgehead atoms. The number of imide groups is 1. The zero-order valence-corrected chi connectivity index (χ0v) is 22.9. The van der Waals surface area contributed by atoms with Gasteiger partial charge < -0.3 is 9.47 Å². The molecule has 5 nitrogen and oxygen atoms in total. The van der Waals surface area contributed by atoms with Gasteiger partial charge in [0.25, 0.3) is 11.1 Å². The van der Waals surface area contributed by atoms with Crippen molar-refractivity contribution >= 4 is 79.7 Å². The third kappa shape index (κ3) is 5.98. The van der Waals surface area contributed by atoms with Gasteiger partial charge >= 0.3 is 0 Å². The Labute approximate surface area is 230 Å². The van der Waals surface area contributed by atoms with Crippen molar-refractivity contribution in [3.63, 3.8) is 0 Å². The van der Waals surface area contributed by atoms with Gasteiger partial charge in [-0.05, 0) is 75.2 Å². The summed E-state index contributed by atoms with van der Waals surface area (Å²) in [5.74, 6) is 0.574. The van der Waals surface area contributed by atoms with Gasteiger partial charge in [0.2, 0.25) is 0 Å². The molecule has 2 amide bonds. The van der Waals surface area contributed by atoms with Crippen LogP contribution in [0.4, 0.5) is 4.79 Å². The number of amides is 2. The second-order valence-electron chi connectivity index (χ2n) is 7.43. The minimum absolute atomic E-state index is 0.0980. The Balaban J connectivity index is 1.54. The number of carbonyl (C=O) groups excluding carboxylic acids is 2. The van der Waals surface area contributed by atoms with Crippen LogP contribution in [-0.4, -0.2) is 23.2 Å². The van der Waals surface area contributed by atoms with Crippen molar-refractivity contribution in [2.24, 2.45) is 0 Å². The number of hydrogen-bond donors (Lipinski definition) is 0. The first-order chi connectivity index (χ1) is 16.8. The van der Waals surface area contributed by atoms with Crippen LogP contribution < -0.4 is 9.47 Å². The zero-order valence-electron chi connectivity index (χ0n) is 18.2. The zero-order chi connectivity index (χ0) is 25.1. The molecule has 0 N–H and O–H groups in total. The maximum atomic E-state index is 13.0. The van der Waals surface area contributed by atoms with Crippen molar-refractivity contribution in [2.45, 2.75) is 13.2 Å². The highest BCUT2D eigenvalue weighted by molar-refractivity contribution is 9.10. The van der Waals surface area contributed by atoms with E-state index >= 15 is 0 Å². The van der Waals surface area contributed by atoms with E-state index in [1.807, 2.05) is 18.2 Å². The third-order valence-corrected chi connectivity index (χ3v) is 7.68. The fraction of sp³-hybridized carbons (Fsp3) is 0.120. The lowest BCUT2D eigenvalue weighted by Crippen LogP contribution is -2.27. The molecule has 3 aromatic rings. The fourth-order valence-electron chi connectivity index (χ4n) is 3.34. The van der Waals surface area contributed by atoms with Crippen LogP contribution in [0.25, 0.3) is 6.08 Å². The topological polar surface area (TPSA) is 55.8 Å². The quantitative estimate of drug-likeness (QED) is 0.251. The second-order valence-corrected chi connectivity index (χ2v) is 10.5. The van der Waals surface area contributed by atoms with Gasteiger partial charge in [-0.2, -0.15) is 0 Å². The molecule has 0 spiro atoms. The number of methoxy groups -OCH3 is 1. The summed E-state index contributed by atoms with van der Waals surface area (Å²) in [6, 6.07) is 15.9. The van der Waals surface area contributed by atoms with E-state index in [-0.39, 0.29) is 24.3 Å². The van der Waals surface area contributed by atoms with E-state index in [2.05, 4.69) is 15.9 Å². The molecule has 1 aliphatic rings. The summed E-state index contributed by atoms with van der Waals surface area (Å²) < 4.78 is 12.1. The average molecular weight is 614 g/mol. The molecular formula is C25H17BrCl3NO4S. The molecule has 0 aromatic heterocycles. The van der Waals surface area contributed by atoms with Crippen molar-refractivity contribution in [1.82, 2.24) is 4.90 Å². The monoisotopic (exact) mass is 611 g/mol. The molecule has 0 atom stereocenters. The SMILES string of the molecule is COc1cc(/C=C2\SC(=O)N(Cc3ccc(Cl)c(Cl)c3)C2=O)cc(Br)c1OCc1ccccc1Cl. The molecule has 0 unspecified atom stereocenters. The van der Waals surface area contributed by atoms with Crippen molar-refractivity contribution in [3.8, 4) is 11.5 Å². The van der Waals surface area contributed by atoms with Gasteiger partial charge in [0.15, 0.2) is 11.5 Å². The highest BCUT2D eigenvalue weighted by Gasteiger charge is 2.35. The predicted molar refractivity (Wildman–Crippen MR) is 144 cm³/mol. The number of ether oxygens (including phenoxy) is 2.